The van der Waals surface area contributed by atoms with Gasteiger partial charge < -0.3 is 9.84 Å². The molecule has 0 heterocycles. The van der Waals surface area contributed by atoms with Crippen LogP contribution in [0.25, 0.3) is 0 Å². The fourth-order valence-electron chi connectivity index (χ4n) is 1.20. The zero-order valence-corrected chi connectivity index (χ0v) is 9.83. The topological polar surface area (TPSA) is 63.6 Å². The molecule has 16 heavy (non-hydrogen) atoms. The van der Waals surface area contributed by atoms with Crippen LogP contribution in [-0.4, -0.2) is 28.1 Å². The number of hydrogen-bond acceptors (Lipinski definition) is 3. The number of rotatable bonds is 6. The molecule has 1 N–H and O–H groups in total. The van der Waals surface area contributed by atoms with Crippen LogP contribution in [0.3, 0.4) is 0 Å². The Bertz CT molecular complexity index is 372. The van der Waals surface area contributed by atoms with Crippen molar-refractivity contribution >= 4 is 16.8 Å². The lowest BCUT2D eigenvalue weighted by atomic mass is 10.3. The standard InChI is InChI=1S/C11H14O4S/c1-15-9-4-6-10(7-5-9)16(14)8-2-3-11(12)13/h4-7H,2-3,8H2,1H3,(H,12,13). The number of methoxy groups -OCH3 is 1. The highest BCUT2D eigenvalue weighted by molar-refractivity contribution is 7.85. The summed E-state index contributed by atoms with van der Waals surface area (Å²) in [5.74, 6) is 0.233. The molecule has 5 heteroatoms. The zero-order chi connectivity index (χ0) is 12.0. The summed E-state index contributed by atoms with van der Waals surface area (Å²) < 4.78 is 16.7. The molecule has 0 aliphatic rings. The van der Waals surface area contributed by atoms with E-state index < -0.39 is 16.8 Å². The fraction of sp³-hybridized carbons (Fsp3) is 0.364. The molecule has 0 amide bonds. The van der Waals surface area contributed by atoms with Gasteiger partial charge in [0.05, 0.1) is 17.9 Å². The van der Waals surface area contributed by atoms with Crippen LogP contribution in [0.5, 0.6) is 5.75 Å². The van der Waals surface area contributed by atoms with Crippen molar-refractivity contribution in [1.29, 1.82) is 0 Å². The Kier molecular flexibility index (Phi) is 4.98. The number of ether oxygens (including phenoxy) is 1. The Labute approximate surface area is 96.7 Å². The summed E-state index contributed by atoms with van der Waals surface area (Å²) in [6.45, 7) is 0. The van der Waals surface area contributed by atoms with Crippen LogP contribution >= 0.6 is 0 Å². The fourth-order valence-corrected chi connectivity index (χ4v) is 2.28. The SMILES string of the molecule is COc1ccc(S(=O)CCCC(=O)O)cc1. The minimum atomic E-state index is -1.13. The van der Waals surface area contributed by atoms with E-state index in [9.17, 15) is 9.00 Å². The van der Waals surface area contributed by atoms with E-state index in [0.717, 1.165) is 0 Å². The Balaban J connectivity index is 2.49. The minimum Gasteiger partial charge on any atom is -0.497 e. The summed E-state index contributed by atoms with van der Waals surface area (Å²) in [4.78, 5) is 11.0. The first kappa shape index (κ1) is 12.7. The first-order chi connectivity index (χ1) is 7.63. The molecule has 1 atom stereocenters. The van der Waals surface area contributed by atoms with Crippen molar-refractivity contribution in [3.05, 3.63) is 24.3 Å². The van der Waals surface area contributed by atoms with E-state index in [1.165, 1.54) is 0 Å². The van der Waals surface area contributed by atoms with Crippen molar-refractivity contribution in [2.45, 2.75) is 17.7 Å². The van der Waals surface area contributed by atoms with Gasteiger partial charge in [-0.25, -0.2) is 0 Å². The average molecular weight is 242 g/mol. The van der Waals surface area contributed by atoms with Gasteiger partial charge in [0, 0.05) is 17.1 Å². The molecule has 0 spiro atoms. The molecule has 0 saturated carbocycles. The predicted octanol–water partition coefficient (Wildman–Crippen LogP) is 1.67. The molecule has 1 aromatic rings. The maximum atomic E-state index is 11.7. The smallest absolute Gasteiger partial charge is 0.303 e. The number of aliphatic carboxylic acids is 1. The summed E-state index contributed by atoms with van der Waals surface area (Å²) >= 11 is 0. The van der Waals surface area contributed by atoms with Crippen molar-refractivity contribution in [3.8, 4) is 5.75 Å². The molecule has 0 aliphatic heterocycles. The normalized spacial score (nSPS) is 12.1. The lowest BCUT2D eigenvalue weighted by Crippen LogP contribution is -2.02. The van der Waals surface area contributed by atoms with Crippen molar-refractivity contribution in [2.24, 2.45) is 0 Å². The van der Waals surface area contributed by atoms with Gasteiger partial charge in [0.15, 0.2) is 0 Å². The highest BCUT2D eigenvalue weighted by Crippen LogP contribution is 2.14. The van der Waals surface area contributed by atoms with Gasteiger partial charge in [0.25, 0.3) is 0 Å². The van der Waals surface area contributed by atoms with Crippen LogP contribution in [0.15, 0.2) is 29.2 Å². The van der Waals surface area contributed by atoms with Crippen LogP contribution in [0.1, 0.15) is 12.8 Å². The monoisotopic (exact) mass is 242 g/mol. The van der Waals surface area contributed by atoms with Gasteiger partial charge in [-0.1, -0.05) is 0 Å². The van der Waals surface area contributed by atoms with Crippen molar-refractivity contribution in [1.82, 2.24) is 0 Å². The molecular weight excluding hydrogens is 228 g/mol. The van der Waals surface area contributed by atoms with E-state index in [1.807, 2.05) is 0 Å². The molecule has 0 aromatic heterocycles. The van der Waals surface area contributed by atoms with Gasteiger partial charge in [0.1, 0.15) is 5.75 Å². The van der Waals surface area contributed by atoms with Gasteiger partial charge in [-0.2, -0.15) is 0 Å². The number of carboxylic acids is 1. The summed E-state index contributed by atoms with van der Waals surface area (Å²) in [5.41, 5.74) is 0. The molecule has 88 valence electrons. The first-order valence-corrected chi connectivity index (χ1v) is 6.19. The van der Waals surface area contributed by atoms with Gasteiger partial charge >= 0.3 is 5.97 Å². The molecule has 0 bridgehead atoms. The predicted molar refractivity (Wildman–Crippen MR) is 61.1 cm³/mol. The third-order valence-corrected chi connectivity index (χ3v) is 3.50. The van der Waals surface area contributed by atoms with Gasteiger partial charge in [-0.05, 0) is 30.7 Å². The third kappa shape index (κ3) is 4.02. The Morgan fingerprint density at radius 2 is 2.00 bits per heavy atom. The lowest BCUT2D eigenvalue weighted by molar-refractivity contribution is -0.137. The Morgan fingerprint density at radius 3 is 2.50 bits per heavy atom. The summed E-state index contributed by atoms with van der Waals surface area (Å²) in [7, 11) is 0.439. The Hall–Kier alpha value is -1.36. The Morgan fingerprint density at radius 1 is 1.38 bits per heavy atom. The molecule has 0 aliphatic carbocycles. The van der Waals surface area contributed by atoms with Crippen LogP contribution in [0.2, 0.25) is 0 Å². The average Bonchev–Trinajstić information content (AvgIpc) is 2.28. The molecule has 1 aromatic carbocycles. The second-order valence-corrected chi connectivity index (χ2v) is 4.79. The molecule has 0 saturated heterocycles. The molecule has 0 fully saturated rings. The van der Waals surface area contributed by atoms with Gasteiger partial charge in [0.2, 0.25) is 0 Å². The zero-order valence-electron chi connectivity index (χ0n) is 9.01. The highest BCUT2D eigenvalue weighted by atomic mass is 32.2. The van der Waals surface area contributed by atoms with Crippen LogP contribution in [0.4, 0.5) is 0 Å². The van der Waals surface area contributed by atoms with Crippen LogP contribution < -0.4 is 4.74 Å². The van der Waals surface area contributed by atoms with Crippen molar-refractivity contribution in [3.63, 3.8) is 0 Å². The molecular formula is C11H14O4S. The summed E-state index contributed by atoms with van der Waals surface area (Å²) in [5, 5.41) is 8.45. The van der Waals surface area contributed by atoms with E-state index in [1.54, 1.807) is 31.4 Å². The first-order valence-electron chi connectivity index (χ1n) is 4.87. The highest BCUT2D eigenvalue weighted by Gasteiger charge is 2.05. The maximum absolute atomic E-state index is 11.7. The number of carboxylic acid groups (broad SMARTS) is 1. The minimum absolute atomic E-state index is 0.0574. The molecule has 0 radical (unpaired) electrons. The lowest BCUT2D eigenvalue weighted by Gasteiger charge is -2.03. The van der Waals surface area contributed by atoms with E-state index in [4.69, 9.17) is 9.84 Å². The van der Waals surface area contributed by atoms with Crippen LogP contribution in [0, 0.1) is 0 Å². The molecule has 1 rings (SSSR count). The summed E-state index contributed by atoms with van der Waals surface area (Å²) in [6.07, 6.45) is 0.482. The van der Waals surface area contributed by atoms with E-state index >= 15 is 0 Å². The molecule has 4 nitrogen and oxygen atoms in total. The van der Waals surface area contributed by atoms with Crippen molar-refractivity contribution < 1.29 is 18.8 Å². The van der Waals surface area contributed by atoms with E-state index in [0.29, 0.717) is 22.8 Å². The second-order valence-electron chi connectivity index (χ2n) is 3.22. The number of hydrogen-bond donors (Lipinski definition) is 1. The van der Waals surface area contributed by atoms with Gasteiger partial charge in [-0.15, -0.1) is 0 Å². The van der Waals surface area contributed by atoms with E-state index in [-0.39, 0.29) is 6.42 Å². The number of carbonyl (C=O) groups is 1. The van der Waals surface area contributed by atoms with Crippen molar-refractivity contribution in [2.75, 3.05) is 12.9 Å². The summed E-state index contributed by atoms with van der Waals surface area (Å²) in [6, 6.07) is 6.94. The molecule has 1 unspecified atom stereocenters. The van der Waals surface area contributed by atoms with Crippen LogP contribution in [-0.2, 0) is 15.6 Å². The second kappa shape index (κ2) is 6.27. The number of benzene rings is 1. The maximum Gasteiger partial charge on any atom is 0.303 e. The van der Waals surface area contributed by atoms with E-state index in [2.05, 4.69) is 0 Å². The van der Waals surface area contributed by atoms with Gasteiger partial charge in [-0.3, -0.25) is 9.00 Å². The largest absolute Gasteiger partial charge is 0.497 e. The quantitative estimate of drug-likeness (QED) is 0.824. The third-order valence-electron chi connectivity index (χ3n) is 2.04.